The zero-order valence-electron chi connectivity index (χ0n) is 13.2. The third-order valence-corrected chi connectivity index (χ3v) is 2.77. The van der Waals surface area contributed by atoms with Crippen molar-refractivity contribution < 1.29 is 19.4 Å². The van der Waals surface area contributed by atoms with E-state index in [2.05, 4.69) is 10.3 Å². The molecule has 0 saturated heterocycles. The fraction of sp³-hybridized carbons (Fsp3) is 0.294. The Morgan fingerprint density at radius 1 is 1.22 bits per heavy atom. The van der Waals surface area contributed by atoms with Crippen LogP contribution in [0.3, 0.4) is 0 Å². The maximum absolute atomic E-state index is 11.7. The molecule has 23 heavy (non-hydrogen) atoms. The molecule has 1 amide bonds. The minimum absolute atomic E-state index is 0.153. The number of nitrogens with zero attached hydrogens (tertiary/aromatic N) is 1. The van der Waals surface area contributed by atoms with Gasteiger partial charge in [-0.15, -0.1) is 0 Å². The smallest absolute Gasteiger partial charge is 0.413 e. The number of ether oxygens (including phenoxy) is 2. The number of benzene rings is 1. The molecule has 0 atom stereocenters. The van der Waals surface area contributed by atoms with Gasteiger partial charge in [0.15, 0.2) is 0 Å². The summed E-state index contributed by atoms with van der Waals surface area (Å²) in [6.07, 6.45) is 0.893. The highest BCUT2D eigenvalue weighted by atomic mass is 16.5. The summed E-state index contributed by atoms with van der Waals surface area (Å²) in [6.45, 7) is 3.65. The summed E-state index contributed by atoms with van der Waals surface area (Å²) in [5.74, 6) is 0.869. The van der Waals surface area contributed by atoms with Crippen LogP contribution < -0.4 is 10.1 Å². The van der Waals surface area contributed by atoms with Crippen molar-refractivity contribution in [1.29, 1.82) is 0 Å². The Hall–Kier alpha value is -2.60. The van der Waals surface area contributed by atoms with Gasteiger partial charge in [-0.05, 0) is 31.5 Å². The Bertz CT molecular complexity index is 621. The van der Waals surface area contributed by atoms with Crippen molar-refractivity contribution in [1.82, 2.24) is 4.98 Å². The van der Waals surface area contributed by atoms with E-state index < -0.39 is 11.7 Å². The minimum Gasteiger partial charge on any atom is -0.489 e. The van der Waals surface area contributed by atoms with Crippen LogP contribution in [0, 0.1) is 0 Å². The number of rotatable bonds is 6. The van der Waals surface area contributed by atoms with Crippen LogP contribution in [0.25, 0.3) is 0 Å². The van der Waals surface area contributed by atoms with E-state index in [4.69, 9.17) is 9.47 Å². The SMILES string of the molecule is CC(C)(O)COc1ccc(NC(=O)OCc2ccccc2)nc1. The first-order valence-electron chi connectivity index (χ1n) is 7.21. The van der Waals surface area contributed by atoms with Crippen molar-refractivity contribution in [2.45, 2.75) is 26.1 Å². The lowest BCUT2D eigenvalue weighted by molar-refractivity contribution is 0.0284. The van der Waals surface area contributed by atoms with Crippen molar-refractivity contribution in [2.24, 2.45) is 0 Å². The Kier molecular flexibility index (Phi) is 5.54. The predicted molar refractivity (Wildman–Crippen MR) is 86.3 cm³/mol. The fourth-order valence-electron chi connectivity index (χ4n) is 1.66. The Morgan fingerprint density at radius 2 is 1.96 bits per heavy atom. The summed E-state index contributed by atoms with van der Waals surface area (Å²) in [4.78, 5) is 15.7. The van der Waals surface area contributed by atoms with E-state index in [0.29, 0.717) is 11.6 Å². The van der Waals surface area contributed by atoms with Crippen molar-refractivity contribution >= 4 is 11.9 Å². The number of aromatic nitrogens is 1. The van der Waals surface area contributed by atoms with Gasteiger partial charge in [0.25, 0.3) is 0 Å². The zero-order valence-corrected chi connectivity index (χ0v) is 13.2. The van der Waals surface area contributed by atoms with E-state index in [-0.39, 0.29) is 13.2 Å². The van der Waals surface area contributed by atoms with Crippen LogP contribution in [-0.2, 0) is 11.3 Å². The molecule has 6 heteroatoms. The number of nitrogens with one attached hydrogen (secondary N) is 1. The molecule has 0 aliphatic carbocycles. The van der Waals surface area contributed by atoms with Gasteiger partial charge in [-0.2, -0.15) is 0 Å². The van der Waals surface area contributed by atoms with Crippen LogP contribution in [0.4, 0.5) is 10.6 Å². The third kappa shape index (κ3) is 6.36. The maximum atomic E-state index is 11.7. The number of carbonyl (C=O) groups is 1. The van der Waals surface area contributed by atoms with Crippen molar-refractivity contribution in [3.63, 3.8) is 0 Å². The molecule has 0 bridgehead atoms. The van der Waals surface area contributed by atoms with E-state index in [1.807, 2.05) is 30.3 Å². The molecular formula is C17H20N2O4. The number of hydrogen-bond acceptors (Lipinski definition) is 5. The van der Waals surface area contributed by atoms with Crippen LogP contribution in [0.15, 0.2) is 48.7 Å². The summed E-state index contributed by atoms with van der Waals surface area (Å²) in [6, 6.07) is 12.7. The van der Waals surface area contributed by atoms with Gasteiger partial charge in [0.1, 0.15) is 24.8 Å². The second-order valence-corrected chi connectivity index (χ2v) is 5.67. The molecule has 1 aromatic carbocycles. The number of pyridine rings is 1. The second kappa shape index (κ2) is 7.60. The standard InChI is InChI=1S/C17H20N2O4/c1-17(2,21)12-23-14-8-9-15(18-10-14)19-16(20)22-11-13-6-4-3-5-7-13/h3-10,21H,11-12H2,1-2H3,(H,18,19,20). The fourth-order valence-corrected chi connectivity index (χ4v) is 1.66. The third-order valence-electron chi connectivity index (χ3n) is 2.77. The maximum Gasteiger partial charge on any atom is 0.413 e. The number of amides is 1. The molecule has 2 N–H and O–H groups in total. The van der Waals surface area contributed by atoms with Gasteiger partial charge in [-0.1, -0.05) is 30.3 Å². The summed E-state index contributed by atoms with van der Waals surface area (Å²) >= 11 is 0. The normalized spacial score (nSPS) is 10.9. The molecule has 0 radical (unpaired) electrons. The molecule has 0 unspecified atom stereocenters. The first-order chi connectivity index (χ1) is 10.9. The molecule has 0 saturated carbocycles. The van der Waals surface area contributed by atoms with Gasteiger partial charge in [0, 0.05) is 0 Å². The highest BCUT2D eigenvalue weighted by Gasteiger charge is 2.13. The number of hydrogen-bond donors (Lipinski definition) is 2. The molecule has 2 aromatic rings. The molecule has 1 heterocycles. The minimum atomic E-state index is -0.918. The van der Waals surface area contributed by atoms with Crippen molar-refractivity contribution in [2.75, 3.05) is 11.9 Å². The molecule has 6 nitrogen and oxygen atoms in total. The van der Waals surface area contributed by atoms with Crippen LogP contribution in [0.2, 0.25) is 0 Å². The molecule has 0 spiro atoms. The Morgan fingerprint density at radius 3 is 2.57 bits per heavy atom. The molecule has 2 rings (SSSR count). The Balaban J connectivity index is 1.80. The lowest BCUT2D eigenvalue weighted by atomic mass is 10.2. The van der Waals surface area contributed by atoms with Crippen molar-refractivity contribution in [3.8, 4) is 5.75 Å². The summed E-state index contributed by atoms with van der Waals surface area (Å²) < 4.78 is 10.5. The predicted octanol–water partition coefficient (Wildman–Crippen LogP) is 2.98. The van der Waals surface area contributed by atoms with E-state index in [9.17, 15) is 9.90 Å². The van der Waals surface area contributed by atoms with Gasteiger partial charge in [-0.3, -0.25) is 5.32 Å². The highest BCUT2D eigenvalue weighted by molar-refractivity contribution is 5.83. The van der Waals surface area contributed by atoms with E-state index >= 15 is 0 Å². The van der Waals surface area contributed by atoms with Gasteiger partial charge in [-0.25, -0.2) is 9.78 Å². The van der Waals surface area contributed by atoms with Crippen LogP contribution >= 0.6 is 0 Å². The average Bonchev–Trinajstić information content (AvgIpc) is 2.53. The topological polar surface area (TPSA) is 80.7 Å². The first-order valence-corrected chi connectivity index (χ1v) is 7.21. The highest BCUT2D eigenvalue weighted by Crippen LogP contribution is 2.14. The quantitative estimate of drug-likeness (QED) is 0.856. The van der Waals surface area contributed by atoms with Gasteiger partial charge in [0.05, 0.1) is 11.8 Å². The summed E-state index contributed by atoms with van der Waals surface area (Å²) in [7, 11) is 0. The van der Waals surface area contributed by atoms with Crippen LogP contribution in [0.1, 0.15) is 19.4 Å². The first kappa shape index (κ1) is 16.8. The zero-order chi connectivity index (χ0) is 16.7. The lowest BCUT2D eigenvalue weighted by Gasteiger charge is -2.17. The monoisotopic (exact) mass is 316 g/mol. The second-order valence-electron chi connectivity index (χ2n) is 5.67. The van der Waals surface area contributed by atoms with Crippen LogP contribution in [0.5, 0.6) is 5.75 Å². The molecule has 0 aliphatic rings. The van der Waals surface area contributed by atoms with E-state index in [0.717, 1.165) is 5.56 Å². The van der Waals surface area contributed by atoms with E-state index in [1.165, 1.54) is 6.20 Å². The molecule has 0 fully saturated rings. The largest absolute Gasteiger partial charge is 0.489 e. The summed E-state index contributed by atoms with van der Waals surface area (Å²) in [5, 5.41) is 12.1. The van der Waals surface area contributed by atoms with Gasteiger partial charge >= 0.3 is 6.09 Å². The van der Waals surface area contributed by atoms with E-state index in [1.54, 1.807) is 26.0 Å². The van der Waals surface area contributed by atoms with Gasteiger partial charge in [0.2, 0.25) is 0 Å². The average molecular weight is 316 g/mol. The molecule has 0 aliphatic heterocycles. The van der Waals surface area contributed by atoms with Crippen molar-refractivity contribution in [3.05, 3.63) is 54.2 Å². The Labute approximate surface area is 135 Å². The van der Waals surface area contributed by atoms with Crippen LogP contribution in [-0.4, -0.2) is 28.4 Å². The number of aliphatic hydroxyl groups is 1. The molecular weight excluding hydrogens is 296 g/mol. The lowest BCUT2D eigenvalue weighted by Crippen LogP contribution is -2.27. The van der Waals surface area contributed by atoms with Gasteiger partial charge < -0.3 is 14.6 Å². The number of carbonyl (C=O) groups excluding carboxylic acids is 1. The molecule has 122 valence electrons. The number of anilines is 1. The molecule has 1 aromatic heterocycles. The summed E-state index contributed by atoms with van der Waals surface area (Å²) in [5.41, 5.74) is -0.0102.